The van der Waals surface area contributed by atoms with Crippen molar-refractivity contribution in [3.8, 4) is 11.5 Å². The van der Waals surface area contributed by atoms with E-state index >= 15 is 0 Å². The monoisotopic (exact) mass is 407 g/mol. The Morgan fingerprint density at radius 2 is 1.89 bits per heavy atom. The Bertz CT molecular complexity index is 765. The van der Waals surface area contributed by atoms with E-state index in [4.69, 9.17) is 25.8 Å². The molecule has 28 heavy (non-hydrogen) atoms. The molecule has 1 aliphatic heterocycles. The Hall–Kier alpha value is -1.82. The third kappa shape index (κ3) is 6.09. The van der Waals surface area contributed by atoms with Crippen LogP contribution >= 0.6 is 11.6 Å². The van der Waals surface area contributed by atoms with E-state index in [1.807, 2.05) is 19.1 Å². The van der Waals surface area contributed by atoms with E-state index in [0.29, 0.717) is 17.4 Å². The SMILES string of the molecule is CCOc1cc(CCCN2CCOCC2)ccc1OCc1ccc(F)cc1Cl. The number of halogens is 2. The standard InChI is InChI=1S/C22H27ClFNO3/c1-2-27-22-14-17(4-3-9-25-10-12-26-13-11-25)5-8-21(22)28-16-18-6-7-19(24)15-20(18)23/h5-8,14-15H,2-4,9-13,16H2,1H3. The first kappa shape index (κ1) is 20.9. The van der Waals surface area contributed by atoms with Gasteiger partial charge in [0.25, 0.3) is 0 Å². The summed E-state index contributed by atoms with van der Waals surface area (Å²) in [7, 11) is 0. The van der Waals surface area contributed by atoms with Gasteiger partial charge in [0.1, 0.15) is 12.4 Å². The fourth-order valence-corrected chi connectivity index (χ4v) is 3.44. The van der Waals surface area contributed by atoms with Gasteiger partial charge >= 0.3 is 0 Å². The van der Waals surface area contributed by atoms with E-state index < -0.39 is 0 Å². The van der Waals surface area contributed by atoms with E-state index in [9.17, 15) is 4.39 Å². The number of hydrogen-bond acceptors (Lipinski definition) is 4. The third-order valence-corrected chi connectivity index (χ3v) is 5.10. The largest absolute Gasteiger partial charge is 0.490 e. The van der Waals surface area contributed by atoms with Crippen molar-refractivity contribution in [2.24, 2.45) is 0 Å². The minimum Gasteiger partial charge on any atom is -0.490 e. The molecule has 0 atom stereocenters. The van der Waals surface area contributed by atoms with Crippen LogP contribution in [0.4, 0.5) is 4.39 Å². The molecule has 0 amide bonds. The zero-order chi connectivity index (χ0) is 19.8. The molecule has 1 saturated heterocycles. The van der Waals surface area contributed by atoms with E-state index in [-0.39, 0.29) is 12.4 Å². The Morgan fingerprint density at radius 3 is 2.64 bits per heavy atom. The quantitative estimate of drug-likeness (QED) is 0.601. The number of aryl methyl sites for hydroxylation is 1. The van der Waals surface area contributed by atoms with Gasteiger partial charge in [0.2, 0.25) is 0 Å². The van der Waals surface area contributed by atoms with Gasteiger partial charge in [-0.2, -0.15) is 0 Å². The average Bonchev–Trinajstić information content (AvgIpc) is 2.69. The highest BCUT2D eigenvalue weighted by molar-refractivity contribution is 6.31. The summed E-state index contributed by atoms with van der Waals surface area (Å²) in [6, 6.07) is 10.4. The number of nitrogens with zero attached hydrogens (tertiary/aromatic N) is 1. The van der Waals surface area contributed by atoms with Crippen molar-refractivity contribution in [2.75, 3.05) is 39.5 Å². The molecule has 0 radical (unpaired) electrons. The topological polar surface area (TPSA) is 30.9 Å². The molecule has 0 aromatic heterocycles. The fraction of sp³-hybridized carbons (Fsp3) is 0.455. The highest BCUT2D eigenvalue weighted by Gasteiger charge is 2.11. The van der Waals surface area contributed by atoms with Crippen LogP contribution in [0.15, 0.2) is 36.4 Å². The smallest absolute Gasteiger partial charge is 0.161 e. The first-order chi connectivity index (χ1) is 13.7. The minimum absolute atomic E-state index is 0.259. The van der Waals surface area contributed by atoms with Crippen LogP contribution in [-0.4, -0.2) is 44.4 Å². The van der Waals surface area contributed by atoms with E-state index in [1.165, 1.54) is 17.7 Å². The molecule has 1 heterocycles. The van der Waals surface area contributed by atoms with Crippen LogP contribution in [0.25, 0.3) is 0 Å². The molecule has 6 heteroatoms. The number of ether oxygens (including phenoxy) is 3. The van der Waals surface area contributed by atoms with Crippen molar-refractivity contribution in [3.63, 3.8) is 0 Å². The van der Waals surface area contributed by atoms with Crippen LogP contribution in [-0.2, 0) is 17.8 Å². The summed E-state index contributed by atoms with van der Waals surface area (Å²) in [5, 5.41) is 0.359. The molecule has 1 fully saturated rings. The van der Waals surface area contributed by atoms with Gasteiger partial charge in [-0.15, -0.1) is 0 Å². The highest BCUT2D eigenvalue weighted by atomic mass is 35.5. The molecule has 1 aliphatic rings. The molecule has 152 valence electrons. The second kappa shape index (κ2) is 10.6. The zero-order valence-corrected chi connectivity index (χ0v) is 17.0. The Kier molecular flexibility index (Phi) is 7.95. The van der Waals surface area contributed by atoms with Gasteiger partial charge in [0.15, 0.2) is 11.5 Å². The number of rotatable bonds is 9. The van der Waals surface area contributed by atoms with Crippen LogP contribution in [0.1, 0.15) is 24.5 Å². The van der Waals surface area contributed by atoms with E-state index in [0.717, 1.165) is 57.0 Å². The minimum atomic E-state index is -0.356. The molecule has 0 unspecified atom stereocenters. The van der Waals surface area contributed by atoms with Crippen molar-refractivity contribution in [1.82, 2.24) is 4.90 Å². The fourth-order valence-electron chi connectivity index (χ4n) is 3.22. The van der Waals surface area contributed by atoms with Crippen molar-refractivity contribution >= 4 is 11.6 Å². The lowest BCUT2D eigenvalue weighted by Crippen LogP contribution is -2.36. The summed E-state index contributed by atoms with van der Waals surface area (Å²) in [6.07, 6.45) is 2.08. The maximum Gasteiger partial charge on any atom is 0.161 e. The van der Waals surface area contributed by atoms with Crippen LogP contribution in [0.2, 0.25) is 5.02 Å². The summed E-state index contributed by atoms with van der Waals surface area (Å²) in [6.45, 7) is 7.55. The maximum atomic E-state index is 13.2. The summed E-state index contributed by atoms with van der Waals surface area (Å²) in [5.74, 6) is 1.04. The first-order valence-corrected chi connectivity index (χ1v) is 10.2. The van der Waals surface area contributed by atoms with Gasteiger partial charge in [0, 0.05) is 18.7 Å². The molecule has 4 nitrogen and oxygen atoms in total. The summed E-state index contributed by atoms with van der Waals surface area (Å²) in [5.41, 5.74) is 1.96. The van der Waals surface area contributed by atoms with Gasteiger partial charge in [-0.1, -0.05) is 23.7 Å². The summed E-state index contributed by atoms with van der Waals surface area (Å²) >= 11 is 6.08. The first-order valence-electron chi connectivity index (χ1n) is 9.78. The second-order valence-electron chi connectivity index (χ2n) is 6.80. The lowest BCUT2D eigenvalue weighted by atomic mass is 10.1. The molecule has 2 aromatic carbocycles. The van der Waals surface area contributed by atoms with E-state index in [1.54, 1.807) is 6.07 Å². The lowest BCUT2D eigenvalue weighted by Gasteiger charge is -2.26. The molecule has 2 aromatic rings. The predicted molar refractivity (Wildman–Crippen MR) is 109 cm³/mol. The Morgan fingerprint density at radius 1 is 1.07 bits per heavy atom. The van der Waals surface area contributed by atoms with Crippen molar-refractivity contribution in [3.05, 3.63) is 58.4 Å². The average molecular weight is 408 g/mol. The molecule has 3 rings (SSSR count). The van der Waals surface area contributed by atoms with Gasteiger partial charge in [-0.25, -0.2) is 4.39 Å². The van der Waals surface area contributed by atoms with Crippen LogP contribution < -0.4 is 9.47 Å². The summed E-state index contributed by atoms with van der Waals surface area (Å²) < 4.78 is 30.2. The third-order valence-electron chi connectivity index (χ3n) is 4.75. The molecular weight excluding hydrogens is 381 g/mol. The van der Waals surface area contributed by atoms with Crippen molar-refractivity contribution in [1.29, 1.82) is 0 Å². The van der Waals surface area contributed by atoms with Gasteiger partial charge < -0.3 is 14.2 Å². The second-order valence-corrected chi connectivity index (χ2v) is 7.20. The molecule has 0 aliphatic carbocycles. The van der Waals surface area contributed by atoms with Gasteiger partial charge in [-0.3, -0.25) is 4.90 Å². The van der Waals surface area contributed by atoms with Crippen LogP contribution in [0, 0.1) is 5.82 Å². The van der Waals surface area contributed by atoms with Gasteiger partial charge in [0.05, 0.1) is 24.8 Å². The molecule has 0 spiro atoms. The highest BCUT2D eigenvalue weighted by Crippen LogP contribution is 2.30. The van der Waals surface area contributed by atoms with Crippen LogP contribution in [0.5, 0.6) is 11.5 Å². The van der Waals surface area contributed by atoms with E-state index in [2.05, 4.69) is 11.0 Å². The maximum absolute atomic E-state index is 13.2. The summed E-state index contributed by atoms with van der Waals surface area (Å²) in [4.78, 5) is 2.44. The zero-order valence-electron chi connectivity index (χ0n) is 16.3. The van der Waals surface area contributed by atoms with Crippen molar-refractivity contribution in [2.45, 2.75) is 26.4 Å². The van der Waals surface area contributed by atoms with Crippen molar-refractivity contribution < 1.29 is 18.6 Å². The van der Waals surface area contributed by atoms with Crippen LogP contribution in [0.3, 0.4) is 0 Å². The molecule has 0 bridgehead atoms. The molecule has 0 N–H and O–H groups in total. The molecule has 0 saturated carbocycles. The number of hydrogen-bond donors (Lipinski definition) is 0. The molecular formula is C22H27ClFNO3. The predicted octanol–water partition coefficient (Wildman–Crippen LogP) is 4.72. The lowest BCUT2D eigenvalue weighted by molar-refractivity contribution is 0.0374. The number of morpholine rings is 1. The normalized spacial score (nSPS) is 14.8. The van der Waals surface area contributed by atoms with Gasteiger partial charge in [-0.05, 0) is 56.1 Å². The Balaban J connectivity index is 1.58. The number of benzene rings is 2. The Labute approximate surface area is 171 Å².